The highest BCUT2D eigenvalue weighted by atomic mass is 19.1. The summed E-state index contributed by atoms with van der Waals surface area (Å²) in [7, 11) is 0. The van der Waals surface area contributed by atoms with Gasteiger partial charge in [-0.05, 0) is 43.5 Å². The van der Waals surface area contributed by atoms with E-state index >= 15 is 0 Å². The van der Waals surface area contributed by atoms with Gasteiger partial charge < -0.3 is 10.0 Å². The van der Waals surface area contributed by atoms with E-state index in [4.69, 9.17) is 4.99 Å². The molecular formula is C20H21FN2O. The molecule has 1 aliphatic heterocycles. The molecule has 2 aromatic carbocycles. The number of aliphatic imine (C=N–C) groups is 1. The Morgan fingerprint density at radius 3 is 2.54 bits per heavy atom. The molecular weight excluding hydrogens is 303 g/mol. The first-order valence-electron chi connectivity index (χ1n) is 8.06. The van der Waals surface area contributed by atoms with Crippen molar-refractivity contribution in [1.29, 1.82) is 0 Å². The summed E-state index contributed by atoms with van der Waals surface area (Å²) in [5.41, 5.74) is 3.47. The van der Waals surface area contributed by atoms with Crippen molar-refractivity contribution in [1.82, 2.24) is 4.90 Å². The van der Waals surface area contributed by atoms with E-state index in [0.717, 1.165) is 16.8 Å². The van der Waals surface area contributed by atoms with Gasteiger partial charge in [-0.1, -0.05) is 36.4 Å². The van der Waals surface area contributed by atoms with Crippen molar-refractivity contribution < 1.29 is 9.50 Å². The lowest BCUT2D eigenvalue weighted by atomic mass is 10.1. The number of allylic oxidation sites excluding steroid dienone is 1. The SMILES string of the molecule is CC1=CN(CCc2ccccc2F)C(c2ccccc2O)N=C1C. The number of aromatic hydroxyl groups is 1. The van der Waals surface area contributed by atoms with Crippen LogP contribution in [0, 0.1) is 5.82 Å². The molecule has 2 aromatic rings. The minimum absolute atomic E-state index is 0.186. The predicted octanol–water partition coefficient (Wildman–Crippen LogP) is 4.45. The molecule has 3 nitrogen and oxygen atoms in total. The Morgan fingerprint density at radius 1 is 1.08 bits per heavy atom. The predicted molar refractivity (Wildman–Crippen MR) is 94.5 cm³/mol. The third-order valence-electron chi connectivity index (χ3n) is 4.37. The number of hydrogen-bond acceptors (Lipinski definition) is 3. The molecule has 124 valence electrons. The highest BCUT2D eigenvalue weighted by molar-refractivity contribution is 5.98. The van der Waals surface area contributed by atoms with Crippen LogP contribution in [0.25, 0.3) is 0 Å². The van der Waals surface area contributed by atoms with Gasteiger partial charge in [0.25, 0.3) is 0 Å². The average molecular weight is 324 g/mol. The maximum absolute atomic E-state index is 13.9. The first-order valence-corrected chi connectivity index (χ1v) is 8.06. The van der Waals surface area contributed by atoms with Gasteiger partial charge in [-0.15, -0.1) is 0 Å². The summed E-state index contributed by atoms with van der Waals surface area (Å²) in [6.07, 6.45) is 2.33. The number of para-hydroxylation sites is 1. The molecule has 0 aliphatic carbocycles. The molecule has 0 bridgehead atoms. The fourth-order valence-corrected chi connectivity index (χ4v) is 2.86. The zero-order chi connectivity index (χ0) is 17.1. The standard InChI is InChI=1S/C20H21FN2O/c1-14-13-23(12-11-16-7-3-5-9-18(16)21)20(22-15(14)2)17-8-4-6-10-19(17)24/h3-10,13,20,24H,11-12H2,1-2H3. The number of benzene rings is 2. The van der Waals surface area contributed by atoms with Crippen LogP contribution in [-0.2, 0) is 6.42 Å². The van der Waals surface area contributed by atoms with E-state index in [2.05, 4.69) is 4.90 Å². The minimum atomic E-state index is -0.290. The fourth-order valence-electron chi connectivity index (χ4n) is 2.86. The third kappa shape index (κ3) is 3.32. The quantitative estimate of drug-likeness (QED) is 0.902. The molecule has 4 heteroatoms. The second-order valence-electron chi connectivity index (χ2n) is 6.04. The van der Waals surface area contributed by atoms with E-state index in [0.29, 0.717) is 18.5 Å². The summed E-state index contributed by atoms with van der Waals surface area (Å²) < 4.78 is 13.9. The van der Waals surface area contributed by atoms with Gasteiger partial charge in [0.05, 0.1) is 0 Å². The van der Waals surface area contributed by atoms with Crippen molar-refractivity contribution in [2.75, 3.05) is 6.54 Å². The van der Waals surface area contributed by atoms with Gasteiger partial charge in [0.2, 0.25) is 0 Å². The smallest absolute Gasteiger partial charge is 0.150 e. The van der Waals surface area contributed by atoms with E-state index < -0.39 is 0 Å². The molecule has 24 heavy (non-hydrogen) atoms. The largest absolute Gasteiger partial charge is 0.508 e. The van der Waals surface area contributed by atoms with Gasteiger partial charge in [-0.25, -0.2) is 4.39 Å². The molecule has 0 saturated carbocycles. The number of phenolic OH excluding ortho intramolecular Hbond substituents is 1. The summed E-state index contributed by atoms with van der Waals surface area (Å²) in [5, 5.41) is 10.2. The summed E-state index contributed by atoms with van der Waals surface area (Å²) in [4.78, 5) is 6.79. The molecule has 1 unspecified atom stereocenters. The molecule has 3 rings (SSSR count). The highest BCUT2D eigenvalue weighted by Crippen LogP contribution is 2.33. The molecule has 1 atom stereocenters. The monoisotopic (exact) mass is 324 g/mol. The Bertz CT molecular complexity index is 798. The van der Waals surface area contributed by atoms with E-state index in [1.807, 2.05) is 38.2 Å². The van der Waals surface area contributed by atoms with Gasteiger partial charge in [0.15, 0.2) is 6.17 Å². The lowest BCUT2D eigenvalue weighted by molar-refractivity contribution is 0.277. The molecule has 1 aliphatic rings. The zero-order valence-corrected chi connectivity index (χ0v) is 13.9. The highest BCUT2D eigenvalue weighted by Gasteiger charge is 2.24. The van der Waals surface area contributed by atoms with Crippen LogP contribution in [-0.4, -0.2) is 22.3 Å². The number of hydrogen-bond donors (Lipinski definition) is 1. The van der Waals surface area contributed by atoms with E-state index in [-0.39, 0.29) is 17.7 Å². The summed E-state index contributed by atoms with van der Waals surface area (Å²) in [5.74, 6) is 0.0388. The van der Waals surface area contributed by atoms with Crippen molar-refractivity contribution in [2.24, 2.45) is 4.99 Å². The number of nitrogens with zero attached hydrogens (tertiary/aromatic N) is 2. The Labute approximate surface area is 141 Å². The van der Waals surface area contributed by atoms with Gasteiger partial charge in [0.1, 0.15) is 11.6 Å². The maximum atomic E-state index is 13.9. The number of rotatable bonds is 4. The summed E-state index contributed by atoms with van der Waals surface area (Å²) in [6, 6.07) is 14.1. The summed E-state index contributed by atoms with van der Waals surface area (Å²) >= 11 is 0. The Morgan fingerprint density at radius 2 is 1.79 bits per heavy atom. The Balaban J connectivity index is 1.86. The number of halogens is 1. The van der Waals surface area contributed by atoms with Gasteiger partial charge in [0, 0.05) is 24.0 Å². The minimum Gasteiger partial charge on any atom is -0.508 e. The van der Waals surface area contributed by atoms with Crippen LogP contribution in [0.4, 0.5) is 4.39 Å². The van der Waals surface area contributed by atoms with Crippen LogP contribution in [0.3, 0.4) is 0 Å². The van der Waals surface area contributed by atoms with Gasteiger partial charge in [-0.2, -0.15) is 0 Å². The summed E-state index contributed by atoms with van der Waals surface area (Å²) in [6.45, 7) is 4.59. The average Bonchev–Trinajstić information content (AvgIpc) is 2.57. The second kappa shape index (κ2) is 6.87. The van der Waals surface area contributed by atoms with Crippen LogP contribution in [0.2, 0.25) is 0 Å². The second-order valence-corrected chi connectivity index (χ2v) is 6.04. The molecule has 0 amide bonds. The number of phenols is 1. The molecule has 0 saturated heterocycles. The Kier molecular flexibility index (Phi) is 4.65. The molecule has 0 spiro atoms. The molecule has 1 heterocycles. The first kappa shape index (κ1) is 16.2. The van der Waals surface area contributed by atoms with E-state index in [1.54, 1.807) is 24.3 Å². The Hall–Kier alpha value is -2.62. The van der Waals surface area contributed by atoms with Crippen molar-refractivity contribution in [3.8, 4) is 5.75 Å². The topological polar surface area (TPSA) is 35.8 Å². The molecule has 0 fully saturated rings. The van der Waals surface area contributed by atoms with Gasteiger partial charge in [-0.3, -0.25) is 4.99 Å². The lowest BCUT2D eigenvalue weighted by Crippen LogP contribution is -2.29. The fraction of sp³-hybridized carbons (Fsp3) is 0.250. The van der Waals surface area contributed by atoms with Crippen LogP contribution in [0.5, 0.6) is 5.75 Å². The molecule has 0 radical (unpaired) electrons. The molecule has 1 N–H and O–H groups in total. The van der Waals surface area contributed by atoms with Crippen molar-refractivity contribution in [3.63, 3.8) is 0 Å². The third-order valence-corrected chi connectivity index (χ3v) is 4.37. The van der Waals surface area contributed by atoms with Crippen molar-refractivity contribution >= 4 is 5.71 Å². The lowest BCUT2D eigenvalue weighted by Gasteiger charge is -2.33. The first-order chi connectivity index (χ1) is 11.6. The van der Waals surface area contributed by atoms with Crippen molar-refractivity contribution in [2.45, 2.75) is 26.4 Å². The van der Waals surface area contributed by atoms with E-state index in [1.165, 1.54) is 6.07 Å². The normalized spacial score (nSPS) is 17.5. The zero-order valence-electron chi connectivity index (χ0n) is 13.9. The van der Waals surface area contributed by atoms with Crippen LogP contribution in [0.15, 0.2) is 65.3 Å². The van der Waals surface area contributed by atoms with Crippen molar-refractivity contribution in [3.05, 3.63) is 77.2 Å². The van der Waals surface area contributed by atoms with Gasteiger partial charge >= 0.3 is 0 Å². The van der Waals surface area contributed by atoms with E-state index in [9.17, 15) is 9.50 Å². The van der Waals surface area contributed by atoms with Crippen LogP contribution < -0.4 is 0 Å². The van der Waals surface area contributed by atoms with Crippen LogP contribution >= 0.6 is 0 Å². The van der Waals surface area contributed by atoms with Crippen LogP contribution in [0.1, 0.15) is 31.1 Å². The maximum Gasteiger partial charge on any atom is 0.150 e. The molecule has 0 aromatic heterocycles.